The van der Waals surface area contributed by atoms with Gasteiger partial charge in [-0.05, 0) is 27.7 Å². The molecule has 0 aliphatic carbocycles. The van der Waals surface area contributed by atoms with Crippen LogP contribution in [0, 0.1) is 19.3 Å². The maximum absolute atomic E-state index is 12.4. The van der Waals surface area contributed by atoms with E-state index in [2.05, 4.69) is 10.9 Å². The maximum atomic E-state index is 12.4. The first kappa shape index (κ1) is 18.3. The van der Waals surface area contributed by atoms with Crippen molar-refractivity contribution < 1.29 is 24.2 Å². The molecule has 1 rings (SSSR count). The summed E-state index contributed by atoms with van der Waals surface area (Å²) in [5.41, 5.74) is -0.318. The maximum Gasteiger partial charge on any atom is 0.415 e. The molecule has 0 radical (unpaired) electrons. The number of aromatic nitrogens is 1. The Labute approximate surface area is 135 Å². The van der Waals surface area contributed by atoms with Gasteiger partial charge in [0.15, 0.2) is 5.69 Å². The van der Waals surface area contributed by atoms with Crippen molar-refractivity contribution in [3.05, 3.63) is 17.5 Å². The monoisotopic (exact) mass is 320 g/mol. The molecule has 0 bridgehead atoms. The molecule has 0 aromatic carbocycles. The predicted molar refractivity (Wildman–Crippen MR) is 84.9 cm³/mol. The van der Waals surface area contributed by atoms with Crippen LogP contribution >= 0.6 is 0 Å². The van der Waals surface area contributed by atoms with E-state index in [1.54, 1.807) is 27.7 Å². The highest BCUT2D eigenvalue weighted by atomic mass is 16.6. The molecule has 7 heteroatoms. The summed E-state index contributed by atoms with van der Waals surface area (Å²) in [5, 5.41) is 9.12. The molecule has 1 amide bonds. The highest BCUT2D eigenvalue weighted by molar-refractivity contribution is 5.93. The lowest BCUT2D eigenvalue weighted by molar-refractivity contribution is 0.0583. The van der Waals surface area contributed by atoms with E-state index in [-0.39, 0.29) is 23.7 Å². The molecule has 0 saturated heterocycles. The summed E-state index contributed by atoms with van der Waals surface area (Å²) in [4.78, 5) is 28.6. The van der Waals surface area contributed by atoms with Crippen LogP contribution in [-0.2, 0) is 4.74 Å². The number of ether oxygens (including phenoxy) is 2. The Morgan fingerprint density at radius 1 is 1.43 bits per heavy atom. The molecular weight excluding hydrogens is 300 g/mol. The average molecular weight is 320 g/mol. The number of pyridine rings is 1. The third-order valence-electron chi connectivity index (χ3n) is 2.81. The minimum absolute atomic E-state index is 0.0706. The number of terminal acetylenes is 1. The van der Waals surface area contributed by atoms with Crippen molar-refractivity contribution in [3.63, 3.8) is 0 Å². The lowest BCUT2D eigenvalue weighted by Crippen LogP contribution is -2.37. The molecule has 124 valence electrons. The van der Waals surface area contributed by atoms with Gasteiger partial charge < -0.3 is 14.6 Å². The van der Waals surface area contributed by atoms with E-state index in [0.717, 1.165) is 0 Å². The summed E-state index contributed by atoms with van der Waals surface area (Å²) in [5.74, 6) is 1.39. The molecular formula is C16H20N2O5. The van der Waals surface area contributed by atoms with E-state index in [1.165, 1.54) is 18.2 Å². The Kier molecular flexibility index (Phi) is 5.57. The normalized spacial score (nSPS) is 10.6. The second kappa shape index (κ2) is 7.01. The van der Waals surface area contributed by atoms with Gasteiger partial charge in [-0.25, -0.2) is 14.6 Å². The molecule has 0 atom stereocenters. The molecule has 0 aliphatic rings. The molecule has 0 spiro atoms. The van der Waals surface area contributed by atoms with Gasteiger partial charge in [-0.3, -0.25) is 4.90 Å². The first-order chi connectivity index (χ1) is 10.6. The number of carbonyl (C=O) groups excluding carboxylic acids is 1. The predicted octanol–water partition coefficient (Wildman–Crippen LogP) is 2.47. The number of hydrogen-bond acceptors (Lipinski definition) is 5. The van der Waals surface area contributed by atoms with Gasteiger partial charge in [0, 0.05) is 5.56 Å². The first-order valence-electron chi connectivity index (χ1n) is 6.83. The zero-order chi connectivity index (χ0) is 17.8. The summed E-state index contributed by atoms with van der Waals surface area (Å²) < 4.78 is 10.6. The molecule has 23 heavy (non-hydrogen) atoms. The highest BCUT2D eigenvalue weighted by Crippen LogP contribution is 2.33. The van der Waals surface area contributed by atoms with Crippen LogP contribution in [0.15, 0.2) is 6.20 Å². The molecule has 1 heterocycles. The van der Waals surface area contributed by atoms with Gasteiger partial charge in [-0.1, -0.05) is 5.92 Å². The van der Waals surface area contributed by atoms with Crippen molar-refractivity contribution in [2.75, 3.05) is 18.6 Å². The largest absolute Gasteiger partial charge is 0.494 e. The van der Waals surface area contributed by atoms with Crippen molar-refractivity contribution in [1.29, 1.82) is 0 Å². The lowest BCUT2D eigenvalue weighted by atomic mass is 10.1. The molecule has 0 unspecified atom stereocenters. The molecule has 0 saturated carbocycles. The van der Waals surface area contributed by atoms with Gasteiger partial charge in [0.25, 0.3) is 0 Å². The quantitative estimate of drug-likeness (QED) is 0.857. The summed E-state index contributed by atoms with van der Waals surface area (Å²) >= 11 is 0. The van der Waals surface area contributed by atoms with Gasteiger partial charge >= 0.3 is 12.1 Å². The Morgan fingerprint density at radius 3 is 2.48 bits per heavy atom. The fourth-order valence-corrected chi connectivity index (χ4v) is 1.90. The minimum atomic E-state index is -1.19. The Bertz CT molecular complexity index is 656. The van der Waals surface area contributed by atoms with Crippen LogP contribution in [0.3, 0.4) is 0 Å². The Hall–Kier alpha value is -2.75. The third kappa shape index (κ3) is 4.36. The number of rotatable bonds is 4. The number of nitrogens with zero attached hydrogens (tertiary/aromatic N) is 2. The molecule has 0 fully saturated rings. The van der Waals surface area contributed by atoms with E-state index in [4.69, 9.17) is 21.0 Å². The zero-order valence-corrected chi connectivity index (χ0v) is 13.8. The van der Waals surface area contributed by atoms with Crippen LogP contribution in [0.5, 0.6) is 5.75 Å². The molecule has 1 N–H and O–H groups in total. The number of amides is 1. The van der Waals surface area contributed by atoms with Crippen molar-refractivity contribution in [2.45, 2.75) is 33.3 Å². The van der Waals surface area contributed by atoms with Gasteiger partial charge in [-0.15, -0.1) is 6.42 Å². The van der Waals surface area contributed by atoms with Gasteiger partial charge in [0.1, 0.15) is 17.0 Å². The van der Waals surface area contributed by atoms with E-state index in [9.17, 15) is 9.59 Å². The van der Waals surface area contributed by atoms with E-state index in [0.29, 0.717) is 5.56 Å². The third-order valence-corrected chi connectivity index (χ3v) is 2.81. The van der Waals surface area contributed by atoms with Gasteiger partial charge in [0.2, 0.25) is 0 Å². The Morgan fingerprint density at radius 2 is 2.04 bits per heavy atom. The Balaban J connectivity index is 3.38. The summed E-state index contributed by atoms with van der Waals surface area (Å²) in [6, 6.07) is 0. The first-order valence-corrected chi connectivity index (χ1v) is 6.83. The molecule has 1 aromatic rings. The number of hydrogen-bond donors (Lipinski definition) is 1. The fourth-order valence-electron chi connectivity index (χ4n) is 1.90. The topological polar surface area (TPSA) is 89.0 Å². The van der Waals surface area contributed by atoms with Gasteiger partial charge in [0.05, 0.1) is 19.9 Å². The van der Waals surface area contributed by atoms with E-state index in [1.807, 2.05) is 0 Å². The average Bonchev–Trinajstić information content (AvgIpc) is 2.42. The second-order valence-electron chi connectivity index (χ2n) is 5.73. The zero-order valence-electron chi connectivity index (χ0n) is 13.8. The number of anilines is 1. The van der Waals surface area contributed by atoms with Gasteiger partial charge in [-0.2, -0.15) is 0 Å². The highest BCUT2D eigenvalue weighted by Gasteiger charge is 2.27. The molecule has 0 aliphatic heterocycles. The van der Waals surface area contributed by atoms with Crippen LogP contribution < -0.4 is 9.64 Å². The summed E-state index contributed by atoms with van der Waals surface area (Å²) in [6.07, 6.45) is 5.89. The number of methoxy groups -OCH3 is 1. The van der Waals surface area contributed by atoms with Crippen LogP contribution in [0.25, 0.3) is 0 Å². The standard InChI is InChI=1S/C16H20N2O5/c1-7-8-18(15(21)23-16(3,4)5)11-9-17-12(14(19)20)10(2)13(11)22-6/h1,9H,8H2,2-6H3,(H,19,20). The van der Waals surface area contributed by atoms with Crippen LogP contribution in [0.2, 0.25) is 0 Å². The van der Waals surface area contributed by atoms with Crippen LogP contribution in [-0.4, -0.2) is 41.4 Å². The number of carbonyl (C=O) groups is 2. The second-order valence-corrected chi connectivity index (χ2v) is 5.73. The summed E-state index contributed by atoms with van der Waals surface area (Å²) in [7, 11) is 1.38. The molecule has 1 aromatic heterocycles. The van der Waals surface area contributed by atoms with Crippen molar-refractivity contribution >= 4 is 17.7 Å². The fraction of sp³-hybridized carbons (Fsp3) is 0.438. The van der Waals surface area contributed by atoms with E-state index >= 15 is 0 Å². The summed E-state index contributed by atoms with van der Waals surface area (Å²) in [6.45, 7) is 6.66. The van der Waals surface area contributed by atoms with Crippen molar-refractivity contribution in [3.8, 4) is 18.1 Å². The van der Waals surface area contributed by atoms with Crippen molar-refractivity contribution in [2.24, 2.45) is 0 Å². The lowest BCUT2D eigenvalue weighted by Gasteiger charge is -2.27. The smallest absolute Gasteiger partial charge is 0.415 e. The van der Waals surface area contributed by atoms with E-state index < -0.39 is 17.7 Å². The number of carboxylic acids is 1. The number of aromatic carboxylic acids is 1. The minimum Gasteiger partial charge on any atom is -0.494 e. The van der Waals surface area contributed by atoms with Crippen LogP contribution in [0.1, 0.15) is 36.8 Å². The molecule has 7 nitrogen and oxygen atoms in total. The van der Waals surface area contributed by atoms with Crippen LogP contribution in [0.4, 0.5) is 10.5 Å². The SMILES string of the molecule is C#CCN(C(=O)OC(C)(C)C)c1cnc(C(=O)O)c(C)c1OC. The number of carboxylic acid groups (broad SMARTS) is 1. The van der Waals surface area contributed by atoms with Crippen molar-refractivity contribution in [1.82, 2.24) is 4.98 Å².